The third-order valence-electron chi connectivity index (χ3n) is 2.62. The van der Waals surface area contributed by atoms with Crippen molar-refractivity contribution in [2.75, 3.05) is 0 Å². The highest BCUT2D eigenvalue weighted by atomic mass is 16.3. The Morgan fingerprint density at radius 3 is 2.82 bits per heavy atom. The molecule has 4 heteroatoms. The van der Waals surface area contributed by atoms with E-state index in [9.17, 15) is 9.90 Å². The molecule has 1 atom stereocenters. The van der Waals surface area contributed by atoms with E-state index < -0.39 is 0 Å². The number of nitriles is 1. The average molecular weight is 232 g/mol. The number of aryl methyl sites for hydroxylation is 1. The molecular weight excluding hydrogens is 216 g/mol. The quantitative estimate of drug-likeness (QED) is 0.835. The molecule has 0 bridgehead atoms. The van der Waals surface area contributed by atoms with Crippen molar-refractivity contribution in [2.24, 2.45) is 0 Å². The molecule has 0 fully saturated rings. The summed E-state index contributed by atoms with van der Waals surface area (Å²) in [5.41, 5.74) is 1.24. The molecule has 90 valence electrons. The van der Waals surface area contributed by atoms with Gasteiger partial charge in [0.1, 0.15) is 5.75 Å². The summed E-state index contributed by atoms with van der Waals surface area (Å²) in [7, 11) is 0. The van der Waals surface area contributed by atoms with Crippen LogP contribution in [-0.2, 0) is 0 Å². The number of benzene rings is 1. The number of phenolic OH excluding ortho intramolecular Hbond substituents is 1. The summed E-state index contributed by atoms with van der Waals surface area (Å²) < 4.78 is 0. The van der Waals surface area contributed by atoms with E-state index in [1.807, 2.05) is 13.0 Å². The van der Waals surface area contributed by atoms with Crippen molar-refractivity contribution in [2.45, 2.75) is 32.7 Å². The fraction of sp³-hybridized carbons (Fsp3) is 0.385. The van der Waals surface area contributed by atoms with Crippen molar-refractivity contribution in [1.29, 1.82) is 5.26 Å². The predicted octanol–water partition coefficient (Wildman–Crippen LogP) is 2.12. The van der Waals surface area contributed by atoms with Crippen LogP contribution >= 0.6 is 0 Å². The van der Waals surface area contributed by atoms with Gasteiger partial charge in [-0.2, -0.15) is 5.26 Å². The van der Waals surface area contributed by atoms with Gasteiger partial charge in [-0.25, -0.2) is 0 Å². The zero-order chi connectivity index (χ0) is 12.8. The summed E-state index contributed by atoms with van der Waals surface area (Å²) in [5.74, 6) is -0.0623. The lowest BCUT2D eigenvalue weighted by molar-refractivity contribution is 0.0936. The molecule has 17 heavy (non-hydrogen) atoms. The summed E-state index contributed by atoms with van der Waals surface area (Å²) >= 11 is 0. The smallest absolute Gasteiger partial charge is 0.251 e. The molecule has 0 saturated heterocycles. The molecular formula is C13H16N2O2. The lowest BCUT2D eigenvalue weighted by atomic mass is 10.1. The monoisotopic (exact) mass is 232 g/mol. The molecule has 1 amide bonds. The number of nitrogens with zero attached hydrogens (tertiary/aromatic N) is 1. The number of phenols is 1. The van der Waals surface area contributed by atoms with Crippen LogP contribution in [0.5, 0.6) is 5.75 Å². The number of amides is 1. The van der Waals surface area contributed by atoms with E-state index in [1.165, 1.54) is 6.07 Å². The minimum Gasteiger partial charge on any atom is -0.508 e. The molecule has 0 unspecified atom stereocenters. The molecule has 1 rings (SSSR count). The molecule has 1 aromatic rings. The summed E-state index contributed by atoms with van der Waals surface area (Å²) in [4.78, 5) is 11.9. The minimum absolute atomic E-state index is 0.124. The van der Waals surface area contributed by atoms with Crippen LogP contribution in [0, 0.1) is 18.3 Å². The molecule has 0 aliphatic heterocycles. The van der Waals surface area contributed by atoms with E-state index in [2.05, 4.69) is 5.32 Å². The van der Waals surface area contributed by atoms with Crippen LogP contribution in [-0.4, -0.2) is 17.1 Å². The van der Waals surface area contributed by atoms with Crippen LogP contribution in [0.4, 0.5) is 0 Å². The fourth-order valence-electron chi connectivity index (χ4n) is 1.57. The van der Waals surface area contributed by atoms with Gasteiger partial charge in [0.2, 0.25) is 0 Å². The van der Waals surface area contributed by atoms with Gasteiger partial charge in [0.05, 0.1) is 12.5 Å². The molecule has 0 spiro atoms. The molecule has 0 heterocycles. The second-order valence-corrected chi connectivity index (χ2v) is 3.94. The maximum atomic E-state index is 11.9. The first-order valence-electron chi connectivity index (χ1n) is 5.56. The van der Waals surface area contributed by atoms with Gasteiger partial charge in [0.15, 0.2) is 0 Å². The number of carbonyl (C=O) groups is 1. The van der Waals surface area contributed by atoms with Crippen LogP contribution < -0.4 is 5.32 Å². The van der Waals surface area contributed by atoms with E-state index in [1.54, 1.807) is 19.1 Å². The van der Waals surface area contributed by atoms with E-state index in [0.29, 0.717) is 17.5 Å². The van der Waals surface area contributed by atoms with Crippen molar-refractivity contribution >= 4 is 5.91 Å². The number of carbonyl (C=O) groups excluding carboxylic acids is 1. The minimum atomic E-state index is -0.204. The first-order valence-corrected chi connectivity index (χ1v) is 5.56. The number of rotatable bonds is 4. The fourth-order valence-corrected chi connectivity index (χ4v) is 1.57. The highest BCUT2D eigenvalue weighted by molar-refractivity contribution is 5.95. The zero-order valence-corrected chi connectivity index (χ0v) is 10.0. The van der Waals surface area contributed by atoms with Crippen LogP contribution in [0.25, 0.3) is 0 Å². The first-order chi connectivity index (χ1) is 8.08. The van der Waals surface area contributed by atoms with Gasteiger partial charge >= 0.3 is 0 Å². The topological polar surface area (TPSA) is 73.1 Å². The van der Waals surface area contributed by atoms with E-state index in [4.69, 9.17) is 5.26 Å². The van der Waals surface area contributed by atoms with Crippen molar-refractivity contribution in [3.05, 3.63) is 29.3 Å². The Kier molecular flexibility index (Phi) is 4.53. The standard InChI is InChI=1S/C13H16N2O2/c1-3-10(6-7-14)15-13(17)12-5-4-11(16)8-9(12)2/h4-5,8,10,16H,3,6H2,1-2H3,(H,15,17)/t10-/m1/s1. The average Bonchev–Trinajstić information content (AvgIpc) is 2.28. The maximum absolute atomic E-state index is 11.9. The van der Waals surface area contributed by atoms with Gasteiger partial charge in [-0.1, -0.05) is 6.92 Å². The van der Waals surface area contributed by atoms with Crippen LogP contribution in [0.15, 0.2) is 18.2 Å². The number of hydrogen-bond acceptors (Lipinski definition) is 3. The largest absolute Gasteiger partial charge is 0.508 e. The first kappa shape index (κ1) is 13.0. The molecule has 0 aromatic heterocycles. The molecule has 4 nitrogen and oxygen atoms in total. The van der Waals surface area contributed by atoms with Gasteiger partial charge in [-0.15, -0.1) is 0 Å². The predicted molar refractivity (Wildman–Crippen MR) is 64.6 cm³/mol. The van der Waals surface area contributed by atoms with Crippen molar-refractivity contribution in [3.8, 4) is 11.8 Å². The maximum Gasteiger partial charge on any atom is 0.251 e. The Balaban J connectivity index is 2.79. The van der Waals surface area contributed by atoms with E-state index in [0.717, 1.165) is 6.42 Å². The molecule has 2 N–H and O–H groups in total. The molecule has 1 aromatic carbocycles. The summed E-state index contributed by atoms with van der Waals surface area (Å²) in [5, 5.41) is 20.7. The summed E-state index contributed by atoms with van der Waals surface area (Å²) in [6.07, 6.45) is 1.02. The number of aromatic hydroxyl groups is 1. The highest BCUT2D eigenvalue weighted by Crippen LogP contribution is 2.15. The Bertz CT molecular complexity index is 449. The normalized spacial score (nSPS) is 11.6. The van der Waals surface area contributed by atoms with E-state index in [-0.39, 0.29) is 17.7 Å². The van der Waals surface area contributed by atoms with Gasteiger partial charge < -0.3 is 10.4 Å². The van der Waals surface area contributed by atoms with Gasteiger partial charge in [-0.3, -0.25) is 4.79 Å². The van der Waals surface area contributed by atoms with Crippen LogP contribution in [0.1, 0.15) is 35.7 Å². The summed E-state index contributed by atoms with van der Waals surface area (Å²) in [6.45, 7) is 3.69. The van der Waals surface area contributed by atoms with Gasteiger partial charge in [-0.05, 0) is 37.1 Å². The number of hydrogen-bond donors (Lipinski definition) is 2. The van der Waals surface area contributed by atoms with Crippen molar-refractivity contribution in [1.82, 2.24) is 5.32 Å². The molecule has 0 saturated carbocycles. The van der Waals surface area contributed by atoms with Crippen molar-refractivity contribution in [3.63, 3.8) is 0 Å². The Labute approximate surface area is 101 Å². The third kappa shape index (κ3) is 3.49. The lowest BCUT2D eigenvalue weighted by Crippen LogP contribution is -2.34. The molecule has 0 radical (unpaired) electrons. The number of nitrogens with one attached hydrogen (secondary N) is 1. The Morgan fingerprint density at radius 2 is 2.29 bits per heavy atom. The zero-order valence-electron chi connectivity index (χ0n) is 10.0. The highest BCUT2D eigenvalue weighted by Gasteiger charge is 2.13. The Hall–Kier alpha value is -2.02. The SMILES string of the molecule is CC[C@H](CC#N)NC(=O)c1ccc(O)cc1C. The van der Waals surface area contributed by atoms with Crippen LogP contribution in [0.3, 0.4) is 0 Å². The molecule has 0 aliphatic carbocycles. The Morgan fingerprint density at radius 1 is 1.59 bits per heavy atom. The van der Waals surface area contributed by atoms with Gasteiger partial charge in [0, 0.05) is 11.6 Å². The summed E-state index contributed by atoms with van der Waals surface area (Å²) in [6, 6.07) is 6.52. The third-order valence-corrected chi connectivity index (χ3v) is 2.62. The van der Waals surface area contributed by atoms with Crippen LogP contribution in [0.2, 0.25) is 0 Å². The van der Waals surface area contributed by atoms with Gasteiger partial charge in [0.25, 0.3) is 5.91 Å². The second-order valence-electron chi connectivity index (χ2n) is 3.94. The molecule has 0 aliphatic rings. The van der Waals surface area contributed by atoms with E-state index >= 15 is 0 Å². The van der Waals surface area contributed by atoms with Crippen molar-refractivity contribution < 1.29 is 9.90 Å². The second kappa shape index (κ2) is 5.90. The lowest BCUT2D eigenvalue weighted by Gasteiger charge is -2.14.